The highest BCUT2D eigenvalue weighted by Gasteiger charge is 2.24. The summed E-state index contributed by atoms with van der Waals surface area (Å²) in [6.45, 7) is 0. The summed E-state index contributed by atoms with van der Waals surface area (Å²) in [5, 5.41) is 3.87. The van der Waals surface area contributed by atoms with Crippen LogP contribution >= 0.6 is 23.4 Å². The molecule has 0 spiro atoms. The van der Waals surface area contributed by atoms with Crippen LogP contribution in [0.2, 0.25) is 5.02 Å². The summed E-state index contributed by atoms with van der Waals surface area (Å²) < 4.78 is 0. The Bertz CT molecular complexity index is 976. The summed E-state index contributed by atoms with van der Waals surface area (Å²) in [5.74, 6) is 0.276. The van der Waals surface area contributed by atoms with Gasteiger partial charge in [0.05, 0.1) is 15.9 Å². The monoisotopic (exact) mass is 354 g/mol. The molecule has 1 fully saturated rings. The van der Waals surface area contributed by atoms with E-state index in [2.05, 4.69) is 20.3 Å². The number of carbonyl (C=O) groups is 1. The molecule has 0 bridgehead atoms. The molecule has 0 aliphatic carbocycles. The van der Waals surface area contributed by atoms with Crippen LogP contribution in [0.5, 0.6) is 0 Å². The molecular weight excluding hydrogens is 344 g/mol. The van der Waals surface area contributed by atoms with Crippen LogP contribution in [-0.4, -0.2) is 21.0 Å². The number of aromatic amines is 1. The van der Waals surface area contributed by atoms with Crippen LogP contribution in [-0.2, 0) is 4.79 Å². The number of amidine groups is 1. The van der Waals surface area contributed by atoms with Crippen molar-refractivity contribution in [1.29, 1.82) is 0 Å². The van der Waals surface area contributed by atoms with Crippen molar-refractivity contribution in [2.45, 2.75) is 0 Å². The van der Waals surface area contributed by atoms with Gasteiger partial charge in [-0.05, 0) is 47.7 Å². The van der Waals surface area contributed by atoms with Crippen molar-refractivity contribution in [3.8, 4) is 0 Å². The minimum absolute atomic E-state index is 0.185. The van der Waals surface area contributed by atoms with Gasteiger partial charge in [-0.15, -0.1) is 0 Å². The smallest absolute Gasteiger partial charge is 0.264 e. The summed E-state index contributed by atoms with van der Waals surface area (Å²) in [7, 11) is 0. The summed E-state index contributed by atoms with van der Waals surface area (Å²) in [6.07, 6.45) is 1.78. The second-order valence-electron chi connectivity index (χ2n) is 5.11. The number of aliphatic imine (C=N–C) groups is 1. The van der Waals surface area contributed by atoms with Crippen molar-refractivity contribution in [1.82, 2.24) is 15.3 Å². The number of hydrogen-bond acceptors (Lipinski definition) is 4. The van der Waals surface area contributed by atoms with E-state index in [1.54, 1.807) is 18.2 Å². The molecule has 1 amide bonds. The zero-order chi connectivity index (χ0) is 16.5. The van der Waals surface area contributed by atoms with Crippen molar-refractivity contribution < 1.29 is 4.79 Å². The molecule has 5 nitrogen and oxygen atoms in total. The van der Waals surface area contributed by atoms with Crippen LogP contribution in [0.4, 0.5) is 5.95 Å². The average Bonchev–Trinajstić information content (AvgIpc) is 3.10. The molecule has 0 saturated carbocycles. The van der Waals surface area contributed by atoms with E-state index in [1.807, 2.05) is 36.4 Å². The highest BCUT2D eigenvalue weighted by Crippen LogP contribution is 2.28. The lowest BCUT2D eigenvalue weighted by Gasteiger charge is -1.95. The van der Waals surface area contributed by atoms with Crippen LogP contribution in [0.25, 0.3) is 17.1 Å². The van der Waals surface area contributed by atoms with Crippen LogP contribution < -0.4 is 5.32 Å². The van der Waals surface area contributed by atoms with E-state index in [4.69, 9.17) is 11.6 Å². The number of nitrogens with one attached hydrogen (secondary N) is 2. The quantitative estimate of drug-likeness (QED) is 0.680. The number of rotatable bonds is 2. The highest BCUT2D eigenvalue weighted by atomic mass is 35.5. The lowest BCUT2D eigenvalue weighted by molar-refractivity contribution is -0.115. The highest BCUT2D eigenvalue weighted by molar-refractivity contribution is 8.18. The van der Waals surface area contributed by atoms with Gasteiger partial charge in [-0.25, -0.2) is 4.98 Å². The third-order valence-corrected chi connectivity index (χ3v) is 4.53. The Kier molecular flexibility index (Phi) is 3.84. The molecule has 4 rings (SSSR count). The molecule has 0 atom stereocenters. The van der Waals surface area contributed by atoms with Gasteiger partial charge >= 0.3 is 0 Å². The molecule has 2 heterocycles. The Labute approximate surface area is 146 Å². The number of H-pyrrole nitrogens is 1. The molecule has 0 unspecified atom stereocenters. The second-order valence-corrected chi connectivity index (χ2v) is 6.58. The van der Waals surface area contributed by atoms with Crippen molar-refractivity contribution in [3.63, 3.8) is 0 Å². The molecule has 1 aliphatic heterocycles. The Morgan fingerprint density at radius 3 is 2.88 bits per heavy atom. The fourth-order valence-electron chi connectivity index (χ4n) is 2.32. The minimum atomic E-state index is -0.185. The topological polar surface area (TPSA) is 70.1 Å². The molecule has 24 heavy (non-hydrogen) atoms. The Morgan fingerprint density at radius 1 is 1.17 bits per heavy atom. The zero-order valence-electron chi connectivity index (χ0n) is 12.3. The van der Waals surface area contributed by atoms with E-state index < -0.39 is 0 Å². The number of hydrogen-bond donors (Lipinski definition) is 2. The van der Waals surface area contributed by atoms with Gasteiger partial charge in [0.2, 0.25) is 5.95 Å². The van der Waals surface area contributed by atoms with E-state index in [0.29, 0.717) is 21.0 Å². The standard InChI is InChI=1S/C17H11ClN4OS/c18-11-5-3-4-10(8-11)9-14-15(23)21-17(24-14)22-16-19-12-6-1-2-7-13(12)20-16/h1-9H,(H2,19,20,21,22,23)/b14-9-. The van der Waals surface area contributed by atoms with Gasteiger partial charge in [0, 0.05) is 5.02 Å². The number of benzene rings is 2. The van der Waals surface area contributed by atoms with Gasteiger partial charge in [0.15, 0.2) is 5.17 Å². The summed E-state index contributed by atoms with van der Waals surface area (Å²) >= 11 is 7.24. The minimum Gasteiger partial charge on any atom is -0.322 e. The maximum atomic E-state index is 12.1. The van der Waals surface area contributed by atoms with Gasteiger partial charge in [-0.3, -0.25) is 4.79 Å². The van der Waals surface area contributed by atoms with Gasteiger partial charge < -0.3 is 10.3 Å². The van der Waals surface area contributed by atoms with Crippen molar-refractivity contribution >= 4 is 57.5 Å². The average molecular weight is 355 g/mol. The SMILES string of the molecule is O=C1N/C(=N/c2nc3ccccc3[nH]2)S/C1=C\c1cccc(Cl)c1. The number of fused-ring (bicyclic) bond motifs is 1. The molecular formula is C17H11ClN4OS. The predicted molar refractivity (Wildman–Crippen MR) is 98.4 cm³/mol. The fourth-order valence-corrected chi connectivity index (χ4v) is 3.34. The van der Waals surface area contributed by atoms with E-state index in [1.165, 1.54) is 11.8 Å². The van der Waals surface area contributed by atoms with Crippen molar-refractivity contribution in [2.75, 3.05) is 0 Å². The first kappa shape index (κ1) is 15.0. The number of thioether (sulfide) groups is 1. The maximum absolute atomic E-state index is 12.1. The maximum Gasteiger partial charge on any atom is 0.264 e. The number of para-hydroxylation sites is 2. The van der Waals surface area contributed by atoms with Crippen LogP contribution in [0.15, 0.2) is 58.4 Å². The lowest BCUT2D eigenvalue weighted by Crippen LogP contribution is -2.19. The third kappa shape index (κ3) is 3.06. The number of amides is 1. The lowest BCUT2D eigenvalue weighted by atomic mass is 10.2. The number of aromatic nitrogens is 2. The number of imidazole rings is 1. The first-order chi connectivity index (χ1) is 11.7. The number of halogens is 1. The second kappa shape index (κ2) is 6.14. The van der Waals surface area contributed by atoms with Gasteiger partial charge in [-0.1, -0.05) is 35.9 Å². The Hall–Kier alpha value is -2.57. The molecule has 118 valence electrons. The van der Waals surface area contributed by atoms with E-state index >= 15 is 0 Å². The summed E-state index contributed by atoms with van der Waals surface area (Å²) in [5.41, 5.74) is 2.60. The van der Waals surface area contributed by atoms with Crippen LogP contribution in [0, 0.1) is 0 Å². The molecule has 1 aliphatic rings. The molecule has 7 heteroatoms. The third-order valence-electron chi connectivity index (χ3n) is 3.38. The normalized spacial score (nSPS) is 17.8. The van der Waals surface area contributed by atoms with Crippen LogP contribution in [0.3, 0.4) is 0 Å². The Morgan fingerprint density at radius 2 is 2.04 bits per heavy atom. The van der Waals surface area contributed by atoms with Crippen molar-refractivity contribution in [2.24, 2.45) is 4.99 Å². The molecule has 1 aromatic heterocycles. The van der Waals surface area contributed by atoms with E-state index in [0.717, 1.165) is 16.6 Å². The molecule has 0 radical (unpaired) electrons. The first-order valence-electron chi connectivity index (χ1n) is 7.17. The van der Waals surface area contributed by atoms with Gasteiger partial charge in [-0.2, -0.15) is 4.99 Å². The van der Waals surface area contributed by atoms with Crippen molar-refractivity contribution in [3.05, 3.63) is 64.0 Å². The summed E-state index contributed by atoms with van der Waals surface area (Å²) in [6, 6.07) is 15.0. The van der Waals surface area contributed by atoms with E-state index in [-0.39, 0.29) is 5.91 Å². The summed E-state index contributed by atoms with van der Waals surface area (Å²) in [4.78, 5) is 24.5. The fraction of sp³-hybridized carbons (Fsp3) is 0. The molecule has 1 saturated heterocycles. The predicted octanol–water partition coefficient (Wildman–Crippen LogP) is 4.11. The molecule has 3 aromatic rings. The first-order valence-corrected chi connectivity index (χ1v) is 8.37. The van der Waals surface area contributed by atoms with Gasteiger partial charge in [0.25, 0.3) is 5.91 Å². The van der Waals surface area contributed by atoms with Crippen LogP contribution in [0.1, 0.15) is 5.56 Å². The number of carbonyl (C=O) groups excluding carboxylic acids is 1. The number of nitrogens with zero attached hydrogens (tertiary/aromatic N) is 2. The molecule has 2 N–H and O–H groups in total. The largest absolute Gasteiger partial charge is 0.322 e. The van der Waals surface area contributed by atoms with Gasteiger partial charge in [0.1, 0.15) is 0 Å². The van der Waals surface area contributed by atoms with E-state index in [9.17, 15) is 4.79 Å². The Balaban J connectivity index is 1.61. The zero-order valence-corrected chi connectivity index (χ0v) is 13.9. The molecule has 2 aromatic carbocycles.